The van der Waals surface area contributed by atoms with Crippen LogP contribution in [-0.4, -0.2) is 29.7 Å². The molecule has 30 heavy (non-hydrogen) atoms. The zero-order chi connectivity index (χ0) is 21.7. The van der Waals surface area contributed by atoms with Crippen molar-refractivity contribution in [1.82, 2.24) is 9.99 Å². The first-order chi connectivity index (χ1) is 14.4. The summed E-state index contributed by atoms with van der Waals surface area (Å²) in [5, 5.41) is 6.47. The number of hydrogen-bond acceptors (Lipinski definition) is 4. The number of nitrogens with one attached hydrogen (secondary N) is 2. The molecule has 0 aliphatic heterocycles. The van der Waals surface area contributed by atoms with E-state index in [4.69, 9.17) is 4.74 Å². The highest BCUT2D eigenvalue weighted by Crippen LogP contribution is 2.21. The second-order valence-electron chi connectivity index (χ2n) is 6.88. The summed E-state index contributed by atoms with van der Waals surface area (Å²) < 4.78 is 7.28. The molecule has 0 aliphatic rings. The van der Waals surface area contributed by atoms with Gasteiger partial charge >= 0.3 is 11.8 Å². The summed E-state index contributed by atoms with van der Waals surface area (Å²) in [6.07, 6.45) is 1.53. The molecule has 3 aromatic rings. The highest BCUT2D eigenvalue weighted by Gasteiger charge is 2.13. The van der Waals surface area contributed by atoms with Crippen LogP contribution >= 0.6 is 0 Å². The number of benzene rings is 2. The van der Waals surface area contributed by atoms with Gasteiger partial charge in [-0.25, -0.2) is 5.43 Å². The predicted molar refractivity (Wildman–Crippen MR) is 117 cm³/mol. The van der Waals surface area contributed by atoms with E-state index in [0.29, 0.717) is 5.69 Å². The van der Waals surface area contributed by atoms with Gasteiger partial charge in [-0.1, -0.05) is 17.7 Å². The van der Waals surface area contributed by atoms with E-state index in [9.17, 15) is 9.59 Å². The van der Waals surface area contributed by atoms with Crippen molar-refractivity contribution < 1.29 is 14.3 Å². The third kappa shape index (κ3) is 4.75. The molecule has 0 bridgehead atoms. The smallest absolute Gasteiger partial charge is 0.329 e. The minimum atomic E-state index is -0.837. The van der Waals surface area contributed by atoms with Crippen molar-refractivity contribution in [2.24, 2.45) is 5.10 Å². The lowest BCUT2D eigenvalue weighted by Gasteiger charge is -2.10. The summed E-state index contributed by atoms with van der Waals surface area (Å²) in [4.78, 5) is 24.0. The van der Waals surface area contributed by atoms with Gasteiger partial charge < -0.3 is 14.6 Å². The Morgan fingerprint density at radius 1 is 0.967 bits per heavy atom. The van der Waals surface area contributed by atoms with E-state index < -0.39 is 11.8 Å². The summed E-state index contributed by atoms with van der Waals surface area (Å²) >= 11 is 0. The van der Waals surface area contributed by atoms with Crippen molar-refractivity contribution in [3.63, 3.8) is 0 Å². The summed E-state index contributed by atoms with van der Waals surface area (Å²) in [5.41, 5.74) is 7.68. The van der Waals surface area contributed by atoms with Crippen molar-refractivity contribution in [2.75, 3.05) is 12.4 Å². The number of methoxy groups -OCH3 is 1. The first kappa shape index (κ1) is 20.9. The van der Waals surface area contributed by atoms with E-state index in [2.05, 4.69) is 20.4 Å². The van der Waals surface area contributed by atoms with E-state index in [-0.39, 0.29) is 0 Å². The minimum absolute atomic E-state index is 0.549. The number of rotatable bonds is 5. The van der Waals surface area contributed by atoms with Crippen molar-refractivity contribution in [2.45, 2.75) is 20.8 Å². The van der Waals surface area contributed by atoms with Crippen LogP contribution < -0.4 is 15.5 Å². The van der Waals surface area contributed by atoms with Crippen LogP contribution in [0.5, 0.6) is 5.75 Å². The maximum Gasteiger partial charge on any atom is 0.329 e. The number of nitrogens with zero attached hydrogens (tertiary/aromatic N) is 2. The molecule has 0 spiro atoms. The van der Waals surface area contributed by atoms with Gasteiger partial charge in [-0.3, -0.25) is 9.59 Å². The normalized spacial score (nSPS) is 10.8. The molecule has 1 aromatic heterocycles. The molecule has 0 saturated carbocycles. The Labute approximate surface area is 175 Å². The number of amides is 2. The number of carbonyl (C=O) groups excluding carboxylic acids is 2. The zero-order valence-electron chi connectivity index (χ0n) is 17.4. The van der Waals surface area contributed by atoms with Crippen LogP contribution in [0.3, 0.4) is 0 Å². The summed E-state index contributed by atoms with van der Waals surface area (Å²) in [6.45, 7) is 5.89. The predicted octanol–water partition coefficient (Wildman–Crippen LogP) is 3.50. The topological polar surface area (TPSA) is 84.7 Å². The van der Waals surface area contributed by atoms with Gasteiger partial charge in [-0.05, 0) is 63.2 Å². The van der Waals surface area contributed by atoms with Gasteiger partial charge in [0.1, 0.15) is 5.75 Å². The number of hydrazone groups is 1. The number of aromatic nitrogens is 1. The molecule has 2 amide bonds. The Morgan fingerprint density at radius 2 is 1.63 bits per heavy atom. The van der Waals surface area contributed by atoms with Crippen molar-refractivity contribution in [3.05, 3.63) is 77.1 Å². The number of aryl methyl sites for hydroxylation is 2. The van der Waals surface area contributed by atoms with E-state index in [1.807, 2.05) is 63.2 Å². The van der Waals surface area contributed by atoms with Crippen LogP contribution in [0, 0.1) is 20.8 Å². The molecule has 7 heteroatoms. The van der Waals surface area contributed by atoms with Crippen LogP contribution in [0.4, 0.5) is 5.69 Å². The molecule has 0 unspecified atom stereocenters. The molecular formula is C23H24N4O3. The molecule has 3 rings (SSSR count). The second-order valence-corrected chi connectivity index (χ2v) is 6.88. The van der Waals surface area contributed by atoms with Gasteiger partial charge in [-0.2, -0.15) is 5.10 Å². The minimum Gasteiger partial charge on any atom is -0.497 e. The van der Waals surface area contributed by atoms with Crippen molar-refractivity contribution in [1.29, 1.82) is 0 Å². The Balaban J connectivity index is 1.66. The van der Waals surface area contributed by atoms with Gasteiger partial charge in [0, 0.05) is 28.3 Å². The SMILES string of the molecule is COc1ccc(-n2c(C)cc(/C=N\NC(=O)C(=O)Nc3ccc(C)cc3)c2C)cc1. The fourth-order valence-electron chi connectivity index (χ4n) is 3.08. The van der Waals surface area contributed by atoms with Gasteiger partial charge in [0.15, 0.2) is 0 Å². The quantitative estimate of drug-likeness (QED) is 0.388. The largest absolute Gasteiger partial charge is 0.497 e. The fraction of sp³-hybridized carbons (Fsp3) is 0.174. The molecule has 2 aromatic carbocycles. The average Bonchev–Trinajstić information content (AvgIpc) is 3.02. The lowest BCUT2D eigenvalue weighted by atomic mass is 10.2. The van der Waals surface area contributed by atoms with Crippen LogP contribution in [0.25, 0.3) is 5.69 Å². The molecule has 0 saturated heterocycles. The Kier molecular flexibility index (Phi) is 6.32. The number of anilines is 1. The monoisotopic (exact) mass is 404 g/mol. The molecule has 0 aliphatic carbocycles. The maximum absolute atomic E-state index is 12.0. The summed E-state index contributed by atoms with van der Waals surface area (Å²) in [6, 6.07) is 16.9. The number of hydrogen-bond donors (Lipinski definition) is 2. The molecular weight excluding hydrogens is 380 g/mol. The number of carbonyl (C=O) groups is 2. The molecule has 2 N–H and O–H groups in total. The van der Waals surface area contributed by atoms with E-state index in [0.717, 1.165) is 34.0 Å². The molecule has 0 radical (unpaired) electrons. The number of ether oxygens (including phenoxy) is 1. The maximum atomic E-state index is 12.0. The Bertz CT molecular complexity index is 1080. The standard InChI is InChI=1S/C23H24N4O3/c1-15-5-7-19(8-6-15)25-22(28)23(29)26-24-14-18-13-16(2)27(17(18)3)20-9-11-21(30-4)12-10-20/h5-14H,1-4H3,(H,25,28)(H,26,29)/b24-14-. The lowest BCUT2D eigenvalue weighted by molar-refractivity contribution is -0.136. The van der Waals surface area contributed by atoms with E-state index in [1.165, 1.54) is 6.21 Å². The summed E-state index contributed by atoms with van der Waals surface area (Å²) in [5.74, 6) is -0.829. The first-order valence-electron chi connectivity index (χ1n) is 9.43. The van der Waals surface area contributed by atoms with Crippen LogP contribution in [-0.2, 0) is 9.59 Å². The van der Waals surface area contributed by atoms with Gasteiger partial charge in [-0.15, -0.1) is 0 Å². The van der Waals surface area contributed by atoms with Gasteiger partial charge in [0.05, 0.1) is 13.3 Å². The Morgan fingerprint density at radius 3 is 2.27 bits per heavy atom. The molecule has 7 nitrogen and oxygen atoms in total. The van der Waals surface area contributed by atoms with Crippen LogP contribution in [0.2, 0.25) is 0 Å². The third-order valence-electron chi connectivity index (χ3n) is 4.69. The highest BCUT2D eigenvalue weighted by molar-refractivity contribution is 6.39. The first-order valence-corrected chi connectivity index (χ1v) is 9.43. The Hall–Kier alpha value is -3.87. The molecule has 0 fully saturated rings. The van der Waals surface area contributed by atoms with Gasteiger partial charge in [0.25, 0.3) is 0 Å². The summed E-state index contributed by atoms with van der Waals surface area (Å²) in [7, 11) is 1.63. The van der Waals surface area contributed by atoms with Crippen molar-refractivity contribution >= 4 is 23.7 Å². The lowest BCUT2D eigenvalue weighted by Crippen LogP contribution is -2.32. The average molecular weight is 404 g/mol. The molecule has 1 heterocycles. The van der Waals surface area contributed by atoms with Crippen LogP contribution in [0.15, 0.2) is 59.7 Å². The zero-order valence-corrected chi connectivity index (χ0v) is 17.4. The molecule has 0 atom stereocenters. The van der Waals surface area contributed by atoms with E-state index >= 15 is 0 Å². The van der Waals surface area contributed by atoms with Gasteiger partial charge in [0.2, 0.25) is 0 Å². The molecule has 154 valence electrons. The van der Waals surface area contributed by atoms with Crippen LogP contribution in [0.1, 0.15) is 22.5 Å². The highest BCUT2D eigenvalue weighted by atomic mass is 16.5. The second kappa shape index (κ2) is 9.09. The van der Waals surface area contributed by atoms with Crippen molar-refractivity contribution in [3.8, 4) is 11.4 Å². The fourth-order valence-corrected chi connectivity index (χ4v) is 3.08. The third-order valence-corrected chi connectivity index (χ3v) is 4.69. The van der Waals surface area contributed by atoms with E-state index in [1.54, 1.807) is 19.2 Å².